The Morgan fingerprint density at radius 2 is 2.16 bits per heavy atom. The number of anilines is 1. The first-order chi connectivity index (χ1) is 8.99. The maximum atomic E-state index is 12.3. The van der Waals surface area contributed by atoms with E-state index < -0.39 is 0 Å². The number of rotatable bonds is 6. The number of nitrogens with two attached hydrogens (primary N) is 1. The summed E-state index contributed by atoms with van der Waals surface area (Å²) >= 11 is 0. The molecule has 1 amide bonds. The molecule has 1 aromatic heterocycles. The molecule has 0 bridgehead atoms. The Hall–Kier alpha value is -1.98. The van der Waals surface area contributed by atoms with E-state index >= 15 is 0 Å². The average molecular weight is 267 g/mol. The Morgan fingerprint density at radius 1 is 1.47 bits per heavy atom. The van der Waals surface area contributed by atoms with Crippen LogP contribution in [0.4, 0.5) is 5.69 Å². The zero-order valence-electron chi connectivity index (χ0n) is 11.7. The quantitative estimate of drug-likeness (QED) is 0.783. The maximum absolute atomic E-state index is 12.3. The minimum atomic E-state index is -0.330. The first kappa shape index (κ1) is 15.1. The van der Waals surface area contributed by atoms with Crippen molar-refractivity contribution in [3.05, 3.63) is 18.0 Å². The highest BCUT2D eigenvalue weighted by Gasteiger charge is 2.17. The molecule has 0 aliphatic rings. The third-order valence-electron chi connectivity index (χ3n) is 2.83. The SMILES string of the molecule is CCCn1cc(N)cc1C(=O)N(C)CCC(=O)OC. The number of aromatic nitrogens is 1. The number of amides is 1. The lowest BCUT2D eigenvalue weighted by atomic mass is 10.3. The van der Waals surface area contributed by atoms with E-state index in [0.29, 0.717) is 17.9 Å². The van der Waals surface area contributed by atoms with Gasteiger partial charge < -0.3 is 19.9 Å². The fraction of sp³-hybridized carbons (Fsp3) is 0.538. The van der Waals surface area contributed by atoms with Crippen LogP contribution in [0.15, 0.2) is 12.3 Å². The molecule has 1 rings (SSSR count). The first-order valence-corrected chi connectivity index (χ1v) is 6.27. The molecule has 0 aliphatic heterocycles. The number of nitrogens with zero attached hydrogens (tertiary/aromatic N) is 2. The zero-order valence-corrected chi connectivity index (χ0v) is 11.7. The summed E-state index contributed by atoms with van der Waals surface area (Å²) in [6.45, 7) is 3.09. The van der Waals surface area contributed by atoms with Crippen LogP contribution in [0, 0.1) is 0 Å². The molecule has 6 nitrogen and oxygen atoms in total. The number of carbonyl (C=O) groups excluding carboxylic acids is 2. The van der Waals surface area contributed by atoms with E-state index in [1.54, 1.807) is 19.3 Å². The highest BCUT2D eigenvalue weighted by atomic mass is 16.5. The van der Waals surface area contributed by atoms with Gasteiger partial charge in [0.25, 0.3) is 5.91 Å². The van der Waals surface area contributed by atoms with Gasteiger partial charge in [0.05, 0.1) is 19.2 Å². The van der Waals surface area contributed by atoms with Gasteiger partial charge >= 0.3 is 5.97 Å². The number of ether oxygens (including phenoxy) is 1. The van der Waals surface area contributed by atoms with Crippen molar-refractivity contribution >= 4 is 17.6 Å². The summed E-state index contributed by atoms with van der Waals surface area (Å²) in [6.07, 6.45) is 2.86. The van der Waals surface area contributed by atoms with Crippen molar-refractivity contribution in [3.8, 4) is 0 Å². The van der Waals surface area contributed by atoms with Gasteiger partial charge in [-0.25, -0.2) is 0 Å². The van der Waals surface area contributed by atoms with Crippen molar-refractivity contribution in [3.63, 3.8) is 0 Å². The fourth-order valence-corrected chi connectivity index (χ4v) is 1.80. The number of hydrogen-bond acceptors (Lipinski definition) is 4. The molecule has 0 spiro atoms. The van der Waals surface area contributed by atoms with Crippen LogP contribution in [-0.2, 0) is 16.1 Å². The van der Waals surface area contributed by atoms with E-state index in [1.165, 1.54) is 12.0 Å². The Labute approximate surface area is 113 Å². The lowest BCUT2D eigenvalue weighted by Gasteiger charge is -2.17. The topological polar surface area (TPSA) is 77.6 Å². The smallest absolute Gasteiger partial charge is 0.307 e. The van der Waals surface area contributed by atoms with Crippen LogP contribution in [0.2, 0.25) is 0 Å². The molecule has 0 radical (unpaired) electrons. The van der Waals surface area contributed by atoms with E-state index in [4.69, 9.17) is 5.73 Å². The van der Waals surface area contributed by atoms with Crippen molar-refractivity contribution in [1.82, 2.24) is 9.47 Å². The molecular formula is C13H21N3O3. The van der Waals surface area contributed by atoms with Crippen LogP contribution < -0.4 is 5.73 Å². The van der Waals surface area contributed by atoms with E-state index in [0.717, 1.165) is 13.0 Å². The summed E-state index contributed by atoms with van der Waals surface area (Å²) in [5, 5.41) is 0. The van der Waals surface area contributed by atoms with E-state index in [1.807, 2.05) is 11.5 Å². The molecular weight excluding hydrogens is 246 g/mol. The first-order valence-electron chi connectivity index (χ1n) is 6.27. The second-order valence-electron chi connectivity index (χ2n) is 4.40. The van der Waals surface area contributed by atoms with Gasteiger partial charge in [0, 0.05) is 26.3 Å². The van der Waals surface area contributed by atoms with Gasteiger partial charge in [0.2, 0.25) is 0 Å². The molecule has 0 saturated carbocycles. The summed E-state index contributed by atoms with van der Waals surface area (Å²) in [5.74, 6) is -0.475. The third kappa shape index (κ3) is 4.01. The van der Waals surface area contributed by atoms with Crippen LogP contribution in [0.1, 0.15) is 30.3 Å². The lowest BCUT2D eigenvalue weighted by Crippen LogP contribution is -2.30. The summed E-state index contributed by atoms with van der Waals surface area (Å²) < 4.78 is 6.39. The summed E-state index contributed by atoms with van der Waals surface area (Å²) in [5.41, 5.74) is 6.84. The Kier molecular flexibility index (Phi) is 5.41. The van der Waals surface area contributed by atoms with Gasteiger partial charge in [-0.2, -0.15) is 0 Å². The summed E-state index contributed by atoms with van der Waals surface area (Å²) in [7, 11) is 2.99. The van der Waals surface area contributed by atoms with Gasteiger partial charge in [0.15, 0.2) is 0 Å². The highest BCUT2D eigenvalue weighted by molar-refractivity contribution is 5.93. The Balaban J connectivity index is 2.73. The van der Waals surface area contributed by atoms with Crippen LogP contribution in [0.25, 0.3) is 0 Å². The lowest BCUT2D eigenvalue weighted by molar-refractivity contribution is -0.140. The molecule has 0 unspecified atom stereocenters. The van der Waals surface area contributed by atoms with E-state index in [9.17, 15) is 9.59 Å². The normalized spacial score (nSPS) is 10.3. The van der Waals surface area contributed by atoms with E-state index in [-0.39, 0.29) is 18.3 Å². The number of hydrogen-bond donors (Lipinski definition) is 1. The number of nitrogen functional groups attached to an aromatic ring is 1. The van der Waals surface area contributed by atoms with Crippen molar-refractivity contribution in [1.29, 1.82) is 0 Å². The molecule has 0 saturated heterocycles. The van der Waals surface area contributed by atoms with Crippen molar-refractivity contribution < 1.29 is 14.3 Å². The minimum Gasteiger partial charge on any atom is -0.469 e. The minimum absolute atomic E-state index is 0.144. The van der Waals surface area contributed by atoms with Crippen molar-refractivity contribution in [2.45, 2.75) is 26.3 Å². The van der Waals surface area contributed by atoms with Gasteiger partial charge in [0.1, 0.15) is 5.69 Å². The predicted molar refractivity (Wildman–Crippen MR) is 72.7 cm³/mol. The van der Waals surface area contributed by atoms with Gasteiger partial charge in [-0.1, -0.05) is 6.92 Å². The molecule has 0 fully saturated rings. The van der Waals surface area contributed by atoms with Gasteiger partial charge in [-0.3, -0.25) is 9.59 Å². The van der Waals surface area contributed by atoms with Crippen LogP contribution in [0.3, 0.4) is 0 Å². The Morgan fingerprint density at radius 3 is 2.74 bits per heavy atom. The average Bonchev–Trinajstić information content (AvgIpc) is 2.76. The second kappa shape index (κ2) is 6.82. The highest BCUT2D eigenvalue weighted by Crippen LogP contribution is 2.13. The number of carbonyl (C=O) groups is 2. The molecule has 1 aromatic rings. The fourth-order valence-electron chi connectivity index (χ4n) is 1.80. The molecule has 6 heteroatoms. The molecule has 19 heavy (non-hydrogen) atoms. The maximum Gasteiger partial charge on any atom is 0.307 e. The number of aryl methyl sites for hydroxylation is 1. The predicted octanol–water partition coefficient (Wildman–Crippen LogP) is 1.12. The van der Waals surface area contributed by atoms with Crippen LogP contribution in [-0.4, -0.2) is 42.0 Å². The second-order valence-corrected chi connectivity index (χ2v) is 4.40. The van der Waals surface area contributed by atoms with E-state index in [2.05, 4.69) is 4.74 Å². The number of methoxy groups -OCH3 is 1. The molecule has 0 aliphatic carbocycles. The molecule has 0 aromatic carbocycles. The molecule has 106 valence electrons. The number of esters is 1. The third-order valence-corrected chi connectivity index (χ3v) is 2.83. The zero-order chi connectivity index (χ0) is 14.4. The Bertz CT molecular complexity index is 454. The van der Waals surface area contributed by atoms with Gasteiger partial charge in [-0.15, -0.1) is 0 Å². The van der Waals surface area contributed by atoms with Gasteiger partial charge in [-0.05, 0) is 12.5 Å². The monoisotopic (exact) mass is 267 g/mol. The van der Waals surface area contributed by atoms with Crippen LogP contribution >= 0.6 is 0 Å². The molecule has 2 N–H and O–H groups in total. The molecule has 0 atom stereocenters. The summed E-state index contributed by atoms with van der Waals surface area (Å²) in [6, 6.07) is 1.66. The van der Waals surface area contributed by atoms with Crippen molar-refractivity contribution in [2.24, 2.45) is 0 Å². The standard InChI is InChI=1S/C13H21N3O3/c1-4-6-16-9-10(14)8-11(16)13(18)15(2)7-5-12(17)19-3/h8-9H,4-7,14H2,1-3H3. The largest absolute Gasteiger partial charge is 0.469 e. The van der Waals surface area contributed by atoms with Crippen molar-refractivity contribution in [2.75, 3.05) is 26.4 Å². The summed E-state index contributed by atoms with van der Waals surface area (Å²) in [4.78, 5) is 24.8. The molecule has 1 heterocycles. The van der Waals surface area contributed by atoms with Crippen LogP contribution in [0.5, 0.6) is 0 Å².